The van der Waals surface area contributed by atoms with Crippen LogP contribution in [0.25, 0.3) is 0 Å². The first-order valence-electron chi connectivity index (χ1n) is 7.24. The first-order valence-corrected chi connectivity index (χ1v) is 8.12. The van der Waals surface area contributed by atoms with Crippen LogP contribution in [0.1, 0.15) is 62.1 Å². The zero-order valence-electron chi connectivity index (χ0n) is 11.9. The van der Waals surface area contributed by atoms with E-state index >= 15 is 0 Å². The molecule has 1 fully saturated rings. The minimum Gasteiger partial charge on any atom is -0.469 e. The van der Waals surface area contributed by atoms with Gasteiger partial charge in [0.2, 0.25) is 0 Å². The van der Waals surface area contributed by atoms with E-state index in [1.165, 1.54) is 44.2 Å². The summed E-state index contributed by atoms with van der Waals surface area (Å²) in [4.78, 5) is 15.8. The highest BCUT2D eigenvalue weighted by atomic mass is 32.1. The van der Waals surface area contributed by atoms with E-state index in [0.29, 0.717) is 18.8 Å². The molecule has 0 N–H and O–H groups in total. The second-order valence-electron chi connectivity index (χ2n) is 5.38. The van der Waals surface area contributed by atoms with E-state index in [1.54, 1.807) is 11.3 Å². The molecule has 1 aliphatic rings. The summed E-state index contributed by atoms with van der Waals surface area (Å²) in [5.41, 5.74) is 1.04. The number of methoxy groups -OCH3 is 1. The molecule has 0 spiro atoms. The number of ether oxygens (including phenoxy) is 1. The fraction of sp³-hybridized carbons (Fsp3) is 0.733. The molecule has 1 aromatic rings. The molecule has 1 aliphatic carbocycles. The number of aromatic nitrogens is 1. The van der Waals surface area contributed by atoms with Gasteiger partial charge in [-0.05, 0) is 31.6 Å². The van der Waals surface area contributed by atoms with Crippen LogP contribution in [0, 0.1) is 5.92 Å². The van der Waals surface area contributed by atoms with Crippen molar-refractivity contribution in [1.82, 2.24) is 4.98 Å². The van der Waals surface area contributed by atoms with Crippen molar-refractivity contribution in [2.24, 2.45) is 5.92 Å². The summed E-state index contributed by atoms with van der Waals surface area (Å²) in [5.74, 6) is 1.42. The van der Waals surface area contributed by atoms with Crippen LogP contribution in [0.5, 0.6) is 0 Å². The van der Waals surface area contributed by atoms with Gasteiger partial charge in [-0.15, -0.1) is 11.3 Å². The van der Waals surface area contributed by atoms with Gasteiger partial charge in [-0.3, -0.25) is 4.79 Å². The van der Waals surface area contributed by atoms with Gasteiger partial charge >= 0.3 is 5.97 Å². The molecule has 0 saturated heterocycles. The van der Waals surface area contributed by atoms with E-state index in [9.17, 15) is 4.79 Å². The van der Waals surface area contributed by atoms with E-state index in [0.717, 1.165) is 11.6 Å². The molecular formula is C15H23NO2S. The first kappa shape index (κ1) is 14.5. The van der Waals surface area contributed by atoms with E-state index in [-0.39, 0.29) is 5.97 Å². The van der Waals surface area contributed by atoms with Crippen molar-refractivity contribution in [1.29, 1.82) is 0 Å². The van der Waals surface area contributed by atoms with Gasteiger partial charge in [0.1, 0.15) is 0 Å². The molecule has 106 valence electrons. The highest BCUT2D eigenvalue weighted by Gasteiger charge is 2.23. The number of hydrogen-bond donors (Lipinski definition) is 0. The van der Waals surface area contributed by atoms with Crippen LogP contribution in [-0.2, 0) is 16.0 Å². The number of rotatable bonds is 5. The third-order valence-electron chi connectivity index (χ3n) is 4.16. The highest BCUT2D eigenvalue weighted by Crippen LogP contribution is 2.38. The predicted molar refractivity (Wildman–Crippen MR) is 77.4 cm³/mol. The van der Waals surface area contributed by atoms with Crippen LogP contribution in [0.15, 0.2) is 5.38 Å². The Balaban J connectivity index is 1.85. The topological polar surface area (TPSA) is 39.2 Å². The summed E-state index contributed by atoms with van der Waals surface area (Å²) in [6.07, 6.45) is 7.70. The molecule has 2 rings (SSSR count). The number of carbonyl (C=O) groups is 1. The molecule has 1 saturated carbocycles. The van der Waals surface area contributed by atoms with Gasteiger partial charge < -0.3 is 4.74 Å². The molecule has 1 heterocycles. The minimum atomic E-state index is -0.155. The maximum Gasteiger partial charge on any atom is 0.305 e. The molecule has 1 aromatic heterocycles. The van der Waals surface area contributed by atoms with Gasteiger partial charge in [0.25, 0.3) is 0 Å². The molecule has 0 bridgehead atoms. The normalized spacial score (nSPS) is 23.3. The molecule has 0 radical (unpaired) electrons. The number of nitrogens with zero attached hydrogens (tertiary/aromatic N) is 1. The van der Waals surface area contributed by atoms with Crippen LogP contribution in [0.4, 0.5) is 0 Å². The van der Waals surface area contributed by atoms with Gasteiger partial charge in [-0.2, -0.15) is 0 Å². The molecule has 0 atom stereocenters. The van der Waals surface area contributed by atoms with Crippen LogP contribution in [0.3, 0.4) is 0 Å². The fourth-order valence-electron chi connectivity index (χ4n) is 2.77. The SMILES string of the molecule is CCC1CCC(c2nc(CCC(=O)OC)cs2)CC1. The Morgan fingerprint density at radius 2 is 2.16 bits per heavy atom. The Kier molecular flexibility index (Phi) is 5.37. The maximum atomic E-state index is 11.1. The maximum absolute atomic E-state index is 11.1. The van der Waals surface area contributed by atoms with Crippen molar-refractivity contribution in [2.75, 3.05) is 7.11 Å². The van der Waals surface area contributed by atoms with E-state index < -0.39 is 0 Å². The monoisotopic (exact) mass is 281 g/mol. The lowest BCUT2D eigenvalue weighted by molar-refractivity contribution is -0.140. The van der Waals surface area contributed by atoms with E-state index in [4.69, 9.17) is 4.98 Å². The standard InChI is InChI=1S/C15H23NO2S/c1-3-11-4-6-12(7-5-11)15-16-13(10-19-15)8-9-14(17)18-2/h10-12H,3-9H2,1-2H3. The predicted octanol–water partition coefficient (Wildman–Crippen LogP) is 3.93. The lowest BCUT2D eigenvalue weighted by Crippen LogP contribution is -2.12. The Bertz CT molecular complexity index is 408. The molecule has 4 heteroatoms. The van der Waals surface area contributed by atoms with Gasteiger partial charge in [0, 0.05) is 17.7 Å². The Hall–Kier alpha value is -0.900. The van der Waals surface area contributed by atoms with Crippen LogP contribution in [0.2, 0.25) is 0 Å². The number of esters is 1. The quantitative estimate of drug-likeness (QED) is 0.768. The number of thiazole rings is 1. The molecule has 19 heavy (non-hydrogen) atoms. The van der Waals surface area contributed by atoms with Crippen LogP contribution < -0.4 is 0 Å². The molecule has 0 aliphatic heterocycles. The first-order chi connectivity index (χ1) is 9.22. The summed E-state index contributed by atoms with van der Waals surface area (Å²) in [6.45, 7) is 2.29. The van der Waals surface area contributed by atoms with Gasteiger partial charge in [-0.25, -0.2) is 4.98 Å². The second kappa shape index (κ2) is 7.04. The van der Waals surface area contributed by atoms with Crippen molar-refractivity contribution in [2.45, 2.75) is 57.8 Å². The van der Waals surface area contributed by atoms with Crippen molar-refractivity contribution in [3.8, 4) is 0 Å². The van der Waals surface area contributed by atoms with Crippen LogP contribution >= 0.6 is 11.3 Å². The minimum absolute atomic E-state index is 0.155. The summed E-state index contributed by atoms with van der Waals surface area (Å²) in [5, 5.41) is 3.37. The van der Waals surface area contributed by atoms with Crippen molar-refractivity contribution >= 4 is 17.3 Å². The van der Waals surface area contributed by atoms with Crippen molar-refractivity contribution < 1.29 is 9.53 Å². The van der Waals surface area contributed by atoms with Crippen molar-refractivity contribution in [3.63, 3.8) is 0 Å². The molecule has 3 nitrogen and oxygen atoms in total. The zero-order chi connectivity index (χ0) is 13.7. The molecule has 0 aromatic carbocycles. The van der Waals surface area contributed by atoms with E-state index in [2.05, 4.69) is 17.0 Å². The van der Waals surface area contributed by atoms with Crippen molar-refractivity contribution in [3.05, 3.63) is 16.1 Å². The average Bonchev–Trinajstić information content (AvgIpc) is 2.93. The molecule has 0 unspecified atom stereocenters. The van der Waals surface area contributed by atoms with Gasteiger partial charge in [0.05, 0.1) is 24.2 Å². The van der Waals surface area contributed by atoms with Gasteiger partial charge in [0.15, 0.2) is 0 Å². The lowest BCUT2D eigenvalue weighted by atomic mass is 9.81. The average molecular weight is 281 g/mol. The smallest absolute Gasteiger partial charge is 0.305 e. The summed E-state index contributed by atoms with van der Waals surface area (Å²) < 4.78 is 4.66. The Morgan fingerprint density at radius 3 is 2.79 bits per heavy atom. The molecular weight excluding hydrogens is 258 g/mol. The Labute approximate surface area is 119 Å². The molecule has 0 amide bonds. The third-order valence-corrected chi connectivity index (χ3v) is 5.21. The number of hydrogen-bond acceptors (Lipinski definition) is 4. The summed E-state index contributed by atoms with van der Waals surface area (Å²) in [6, 6.07) is 0. The number of aryl methyl sites for hydroxylation is 1. The summed E-state index contributed by atoms with van der Waals surface area (Å²) >= 11 is 1.76. The second-order valence-corrected chi connectivity index (χ2v) is 6.27. The largest absolute Gasteiger partial charge is 0.469 e. The summed E-state index contributed by atoms with van der Waals surface area (Å²) in [7, 11) is 1.43. The third kappa shape index (κ3) is 4.03. The Morgan fingerprint density at radius 1 is 1.42 bits per heavy atom. The van der Waals surface area contributed by atoms with Crippen LogP contribution in [-0.4, -0.2) is 18.1 Å². The highest BCUT2D eigenvalue weighted by molar-refractivity contribution is 7.09. The lowest BCUT2D eigenvalue weighted by Gasteiger charge is -2.26. The van der Waals surface area contributed by atoms with E-state index in [1.807, 2.05) is 0 Å². The zero-order valence-corrected chi connectivity index (χ0v) is 12.7. The fourth-order valence-corrected chi connectivity index (χ4v) is 3.80. The number of carbonyl (C=O) groups excluding carboxylic acids is 1. The van der Waals surface area contributed by atoms with Gasteiger partial charge in [-0.1, -0.05) is 13.3 Å².